The molecule has 118 valence electrons. The maximum Gasteiger partial charge on any atom is 0.308 e. The van der Waals surface area contributed by atoms with Crippen molar-refractivity contribution in [2.24, 2.45) is 0 Å². The number of carbonyl (C=O) groups is 1. The van der Waals surface area contributed by atoms with E-state index in [4.69, 9.17) is 4.74 Å². The summed E-state index contributed by atoms with van der Waals surface area (Å²) >= 11 is 0. The van der Waals surface area contributed by atoms with E-state index in [0.717, 1.165) is 43.4 Å². The number of aromatic amines is 1. The van der Waals surface area contributed by atoms with E-state index in [2.05, 4.69) is 23.4 Å². The largest absolute Gasteiger partial charge is 0.426 e. The molecule has 1 heterocycles. The molecular formula is C18H24N2O2. The highest BCUT2D eigenvalue weighted by molar-refractivity contribution is 5.91. The zero-order valence-electron chi connectivity index (χ0n) is 13.4. The molecule has 0 spiro atoms. The molecule has 1 aromatic heterocycles. The van der Waals surface area contributed by atoms with Gasteiger partial charge in [-0.1, -0.05) is 19.1 Å². The van der Waals surface area contributed by atoms with Gasteiger partial charge in [-0.05, 0) is 37.1 Å². The molecule has 1 N–H and O–H groups in total. The minimum atomic E-state index is -0.293. The standard InChI is InChI=1S/C18H24N2O2/c1-4-10-20(11-5-2)12-9-15-13-19-16-7-6-8-17(18(15)16)22-14(3)21/h4,6-8,13,19H,1,5,9-12H2,2-3H3. The third kappa shape index (κ3) is 3.98. The lowest BCUT2D eigenvalue weighted by Gasteiger charge is -2.19. The minimum Gasteiger partial charge on any atom is -0.426 e. The second-order valence-corrected chi connectivity index (χ2v) is 5.43. The molecular weight excluding hydrogens is 276 g/mol. The van der Waals surface area contributed by atoms with Gasteiger partial charge in [0.25, 0.3) is 0 Å². The van der Waals surface area contributed by atoms with Gasteiger partial charge in [-0.2, -0.15) is 0 Å². The van der Waals surface area contributed by atoms with Crippen LogP contribution in [0.25, 0.3) is 10.9 Å². The maximum absolute atomic E-state index is 11.3. The summed E-state index contributed by atoms with van der Waals surface area (Å²) in [7, 11) is 0. The number of nitrogens with zero attached hydrogens (tertiary/aromatic N) is 1. The first kappa shape index (κ1) is 16.3. The van der Waals surface area contributed by atoms with Crippen LogP contribution in [0.4, 0.5) is 0 Å². The van der Waals surface area contributed by atoms with Crippen LogP contribution in [-0.2, 0) is 11.2 Å². The van der Waals surface area contributed by atoms with E-state index < -0.39 is 0 Å². The van der Waals surface area contributed by atoms with Crippen LogP contribution in [0.15, 0.2) is 37.1 Å². The fourth-order valence-corrected chi connectivity index (χ4v) is 2.73. The number of H-pyrrole nitrogens is 1. The Labute approximate surface area is 131 Å². The third-order valence-electron chi connectivity index (χ3n) is 3.63. The van der Waals surface area contributed by atoms with Gasteiger partial charge in [0.05, 0.1) is 0 Å². The number of carbonyl (C=O) groups excluding carboxylic acids is 1. The van der Waals surface area contributed by atoms with Crippen LogP contribution in [0.2, 0.25) is 0 Å². The second-order valence-electron chi connectivity index (χ2n) is 5.43. The normalized spacial score (nSPS) is 11.0. The van der Waals surface area contributed by atoms with Gasteiger partial charge in [0.15, 0.2) is 0 Å². The Morgan fingerprint density at radius 3 is 2.91 bits per heavy atom. The van der Waals surface area contributed by atoms with Crippen molar-refractivity contribution in [3.63, 3.8) is 0 Å². The van der Waals surface area contributed by atoms with Crippen molar-refractivity contribution in [3.05, 3.63) is 42.6 Å². The minimum absolute atomic E-state index is 0.293. The first-order valence-electron chi connectivity index (χ1n) is 7.76. The average molecular weight is 300 g/mol. The molecule has 0 atom stereocenters. The van der Waals surface area contributed by atoms with E-state index in [1.54, 1.807) is 0 Å². The Balaban J connectivity index is 2.20. The Morgan fingerprint density at radius 2 is 2.23 bits per heavy atom. The lowest BCUT2D eigenvalue weighted by atomic mass is 10.1. The number of fused-ring (bicyclic) bond motifs is 1. The Hall–Kier alpha value is -2.07. The van der Waals surface area contributed by atoms with E-state index in [9.17, 15) is 4.79 Å². The summed E-state index contributed by atoms with van der Waals surface area (Å²) in [5, 5.41) is 1.01. The number of nitrogens with one attached hydrogen (secondary N) is 1. The molecule has 0 radical (unpaired) electrons. The van der Waals surface area contributed by atoms with Crippen LogP contribution in [0.3, 0.4) is 0 Å². The fourth-order valence-electron chi connectivity index (χ4n) is 2.73. The SMILES string of the molecule is C=CCN(CCC)CCc1c[nH]c2cccc(OC(C)=O)c12. The molecule has 2 aromatic rings. The molecule has 0 saturated carbocycles. The molecule has 0 aliphatic rings. The van der Waals surface area contributed by atoms with Crippen LogP contribution in [-0.4, -0.2) is 35.5 Å². The van der Waals surface area contributed by atoms with Crippen molar-refractivity contribution in [2.45, 2.75) is 26.7 Å². The number of hydrogen-bond acceptors (Lipinski definition) is 3. The van der Waals surface area contributed by atoms with E-state index >= 15 is 0 Å². The molecule has 4 heteroatoms. The molecule has 1 aromatic carbocycles. The zero-order chi connectivity index (χ0) is 15.9. The predicted molar refractivity (Wildman–Crippen MR) is 90.2 cm³/mol. The monoisotopic (exact) mass is 300 g/mol. The van der Waals surface area contributed by atoms with Crippen LogP contribution in [0.1, 0.15) is 25.8 Å². The third-order valence-corrected chi connectivity index (χ3v) is 3.63. The van der Waals surface area contributed by atoms with Crippen LogP contribution in [0.5, 0.6) is 5.75 Å². The number of benzene rings is 1. The van der Waals surface area contributed by atoms with E-state index in [-0.39, 0.29) is 5.97 Å². The Bertz CT molecular complexity index is 646. The van der Waals surface area contributed by atoms with Gasteiger partial charge in [0.2, 0.25) is 0 Å². The van der Waals surface area contributed by atoms with Crippen molar-refractivity contribution in [3.8, 4) is 5.75 Å². The van der Waals surface area contributed by atoms with Gasteiger partial charge in [0.1, 0.15) is 5.75 Å². The van der Waals surface area contributed by atoms with E-state index in [0.29, 0.717) is 5.75 Å². The molecule has 2 rings (SSSR count). The molecule has 0 saturated heterocycles. The fraction of sp³-hybridized carbons (Fsp3) is 0.389. The lowest BCUT2D eigenvalue weighted by molar-refractivity contribution is -0.131. The maximum atomic E-state index is 11.3. The lowest BCUT2D eigenvalue weighted by Crippen LogP contribution is -2.27. The number of rotatable bonds is 8. The Kier molecular flexibility index (Phi) is 5.78. The smallest absolute Gasteiger partial charge is 0.308 e. The summed E-state index contributed by atoms with van der Waals surface area (Å²) in [5.74, 6) is 0.339. The molecule has 22 heavy (non-hydrogen) atoms. The van der Waals surface area contributed by atoms with Crippen molar-refractivity contribution >= 4 is 16.9 Å². The summed E-state index contributed by atoms with van der Waals surface area (Å²) in [6, 6.07) is 5.73. The zero-order valence-corrected chi connectivity index (χ0v) is 13.4. The summed E-state index contributed by atoms with van der Waals surface area (Å²) in [6.07, 6.45) is 5.98. The topological polar surface area (TPSA) is 45.3 Å². The van der Waals surface area contributed by atoms with Gasteiger partial charge >= 0.3 is 5.97 Å². The molecule has 0 aliphatic heterocycles. The highest BCUT2D eigenvalue weighted by Crippen LogP contribution is 2.29. The first-order valence-corrected chi connectivity index (χ1v) is 7.76. The highest BCUT2D eigenvalue weighted by Gasteiger charge is 2.12. The van der Waals surface area contributed by atoms with Gasteiger partial charge in [-0.25, -0.2) is 0 Å². The quantitative estimate of drug-likeness (QED) is 0.461. The van der Waals surface area contributed by atoms with Gasteiger partial charge in [-0.3, -0.25) is 9.69 Å². The molecule has 0 unspecified atom stereocenters. The molecule has 0 bridgehead atoms. The average Bonchev–Trinajstić information content (AvgIpc) is 2.89. The van der Waals surface area contributed by atoms with Crippen LogP contribution < -0.4 is 4.74 Å². The number of hydrogen-bond donors (Lipinski definition) is 1. The molecule has 0 fully saturated rings. The van der Waals surface area contributed by atoms with E-state index in [1.165, 1.54) is 12.5 Å². The predicted octanol–water partition coefficient (Wildman–Crippen LogP) is 3.53. The summed E-state index contributed by atoms with van der Waals surface area (Å²) in [6.45, 7) is 10.3. The summed E-state index contributed by atoms with van der Waals surface area (Å²) < 4.78 is 5.34. The highest BCUT2D eigenvalue weighted by atomic mass is 16.5. The van der Waals surface area contributed by atoms with Gasteiger partial charge in [-0.15, -0.1) is 6.58 Å². The van der Waals surface area contributed by atoms with Crippen molar-refractivity contribution < 1.29 is 9.53 Å². The second kappa shape index (κ2) is 7.80. The molecule has 4 nitrogen and oxygen atoms in total. The summed E-state index contributed by atoms with van der Waals surface area (Å²) in [4.78, 5) is 16.9. The number of aromatic nitrogens is 1. The van der Waals surface area contributed by atoms with Crippen LogP contribution in [0, 0.1) is 0 Å². The number of ether oxygens (including phenoxy) is 1. The van der Waals surface area contributed by atoms with Crippen molar-refractivity contribution in [1.82, 2.24) is 9.88 Å². The number of esters is 1. The van der Waals surface area contributed by atoms with Gasteiger partial charge < -0.3 is 9.72 Å². The van der Waals surface area contributed by atoms with E-state index in [1.807, 2.05) is 30.5 Å². The summed E-state index contributed by atoms with van der Waals surface area (Å²) in [5.41, 5.74) is 2.18. The first-order chi connectivity index (χ1) is 10.7. The van der Waals surface area contributed by atoms with Crippen LogP contribution >= 0.6 is 0 Å². The molecule has 0 amide bonds. The van der Waals surface area contributed by atoms with Gasteiger partial charge in [0, 0.05) is 37.1 Å². The Morgan fingerprint density at radius 1 is 1.41 bits per heavy atom. The van der Waals surface area contributed by atoms with Crippen molar-refractivity contribution in [2.75, 3.05) is 19.6 Å². The van der Waals surface area contributed by atoms with Crippen molar-refractivity contribution in [1.29, 1.82) is 0 Å². The molecule has 0 aliphatic carbocycles.